The largest absolute Gasteiger partial charge is 0.353 e. The average molecular weight is 488 g/mol. The van der Waals surface area contributed by atoms with Gasteiger partial charge in [-0.2, -0.15) is 0 Å². The topological polar surface area (TPSA) is 77.2 Å². The van der Waals surface area contributed by atoms with Crippen molar-refractivity contribution in [2.24, 2.45) is 5.92 Å². The van der Waals surface area contributed by atoms with E-state index >= 15 is 0 Å². The van der Waals surface area contributed by atoms with Crippen molar-refractivity contribution in [3.05, 3.63) is 112 Å². The molecular weight excluding hydrogens is 457 g/mol. The Kier molecular flexibility index (Phi) is 7.48. The Bertz CT molecular complexity index is 1360. The van der Waals surface area contributed by atoms with Gasteiger partial charge in [-0.15, -0.1) is 0 Å². The van der Waals surface area contributed by atoms with Crippen LogP contribution in [0.15, 0.2) is 79.0 Å². The van der Waals surface area contributed by atoms with Crippen molar-refractivity contribution in [3.8, 4) is 0 Å². The molecule has 1 N–H and O–H groups in total. The molecule has 2 unspecified atom stereocenters. The van der Waals surface area contributed by atoms with Crippen LogP contribution in [0.25, 0.3) is 10.9 Å². The normalized spacial score (nSPS) is 13.0. The lowest BCUT2D eigenvalue weighted by molar-refractivity contribution is -0.384. The lowest BCUT2D eigenvalue weighted by Gasteiger charge is -2.21. The van der Waals surface area contributed by atoms with Crippen LogP contribution in [0.2, 0.25) is 0 Å². The van der Waals surface area contributed by atoms with Crippen LogP contribution in [0.3, 0.4) is 0 Å². The average Bonchev–Trinajstić information content (AvgIpc) is 3.21. The molecule has 4 rings (SSSR count). The highest BCUT2D eigenvalue weighted by Crippen LogP contribution is 2.37. The molecule has 6 nitrogen and oxygen atoms in total. The van der Waals surface area contributed by atoms with E-state index < -0.39 is 10.8 Å². The number of non-ortho nitro benzene ring substituents is 1. The maximum Gasteiger partial charge on any atom is 0.270 e. The molecule has 186 valence electrons. The Morgan fingerprint density at radius 3 is 2.36 bits per heavy atom. The van der Waals surface area contributed by atoms with E-state index in [0.29, 0.717) is 11.9 Å². The van der Waals surface area contributed by atoms with E-state index in [4.69, 9.17) is 0 Å². The first-order chi connectivity index (χ1) is 17.2. The highest BCUT2D eigenvalue weighted by molar-refractivity contribution is 5.88. The summed E-state index contributed by atoms with van der Waals surface area (Å²) in [5, 5.41) is 15.4. The Hall–Kier alpha value is -4.00. The van der Waals surface area contributed by atoms with E-state index in [1.54, 1.807) is 24.3 Å². The lowest BCUT2D eigenvalue weighted by Crippen LogP contribution is -2.36. The number of aromatic nitrogens is 1. The van der Waals surface area contributed by atoms with Gasteiger partial charge in [-0.1, -0.05) is 56.3 Å². The number of carbonyl (C=O) groups is 1. The third kappa shape index (κ3) is 5.62. The monoisotopic (exact) mass is 487 g/mol. The van der Waals surface area contributed by atoms with E-state index in [2.05, 4.69) is 9.88 Å². The smallest absolute Gasteiger partial charge is 0.270 e. The molecule has 0 aliphatic carbocycles. The summed E-state index contributed by atoms with van der Waals surface area (Å²) in [7, 11) is 0. The predicted molar refractivity (Wildman–Crippen MR) is 139 cm³/mol. The number of nitrogens with one attached hydrogen (secondary N) is 1. The maximum atomic E-state index is 13.8. The van der Waals surface area contributed by atoms with Crippen LogP contribution in [0.4, 0.5) is 10.1 Å². The van der Waals surface area contributed by atoms with Crippen molar-refractivity contribution in [1.29, 1.82) is 0 Å². The molecule has 4 aromatic rings. The van der Waals surface area contributed by atoms with Gasteiger partial charge in [0.1, 0.15) is 5.82 Å². The number of carbonyl (C=O) groups excluding carboxylic acids is 1. The second-order valence-electron chi connectivity index (χ2n) is 9.56. The number of amides is 1. The van der Waals surface area contributed by atoms with Crippen LogP contribution >= 0.6 is 0 Å². The molecule has 0 radical (unpaired) electrons. The maximum absolute atomic E-state index is 13.8. The van der Waals surface area contributed by atoms with Gasteiger partial charge >= 0.3 is 0 Å². The van der Waals surface area contributed by atoms with Crippen LogP contribution in [0, 0.1) is 21.8 Å². The summed E-state index contributed by atoms with van der Waals surface area (Å²) < 4.78 is 15.8. The summed E-state index contributed by atoms with van der Waals surface area (Å²) in [5.41, 5.74) is 3.47. The number of benzene rings is 3. The Morgan fingerprint density at radius 1 is 1.03 bits per heavy atom. The zero-order valence-corrected chi connectivity index (χ0v) is 20.6. The summed E-state index contributed by atoms with van der Waals surface area (Å²) >= 11 is 0. The molecule has 0 saturated heterocycles. The zero-order chi connectivity index (χ0) is 25.8. The third-order valence-corrected chi connectivity index (χ3v) is 6.73. The number of halogens is 1. The van der Waals surface area contributed by atoms with Crippen LogP contribution < -0.4 is 5.32 Å². The van der Waals surface area contributed by atoms with Crippen molar-refractivity contribution in [2.75, 3.05) is 0 Å². The molecule has 0 spiro atoms. The van der Waals surface area contributed by atoms with Gasteiger partial charge in [-0.05, 0) is 47.7 Å². The van der Waals surface area contributed by atoms with Crippen LogP contribution in [0.1, 0.15) is 49.8 Å². The molecule has 1 heterocycles. The second kappa shape index (κ2) is 10.7. The predicted octanol–water partition coefficient (Wildman–Crippen LogP) is 6.42. The Morgan fingerprint density at radius 2 is 1.72 bits per heavy atom. The SMILES string of the molecule is CC(C)C(C)NC(=O)CC(c1ccc(F)cc1)c1cn(Cc2ccccc2)c2ccc([N+](=O)[O-])cc12. The van der Waals surface area contributed by atoms with Gasteiger partial charge in [-0.25, -0.2) is 4.39 Å². The molecule has 0 bridgehead atoms. The summed E-state index contributed by atoms with van der Waals surface area (Å²) in [6.45, 7) is 6.61. The fourth-order valence-electron chi connectivity index (χ4n) is 4.38. The fourth-order valence-corrected chi connectivity index (χ4v) is 4.38. The van der Waals surface area contributed by atoms with Crippen LogP contribution in [0.5, 0.6) is 0 Å². The van der Waals surface area contributed by atoms with E-state index in [0.717, 1.165) is 22.2 Å². The highest BCUT2D eigenvalue weighted by Gasteiger charge is 2.25. The number of nitro benzene ring substituents is 1. The quantitative estimate of drug-likeness (QED) is 0.219. The summed E-state index contributed by atoms with van der Waals surface area (Å²) in [6.07, 6.45) is 2.10. The molecule has 0 aliphatic heterocycles. The molecule has 3 aromatic carbocycles. The van der Waals surface area contributed by atoms with Crippen LogP contribution in [-0.2, 0) is 11.3 Å². The standard InChI is InChI=1S/C29H30FN3O3/c1-19(2)20(3)31-29(34)16-25(22-9-11-23(30)12-10-22)27-18-32(17-21-7-5-4-6-8-21)28-14-13-24(33(35)36)15-26(27)28/h4-15,18-20,25H,16-17H2,1-3H3,(H,31,34). The minimum atomic E-state index is -0.415. The van der Waals surface area contributed by atoms with Gasteiger partial charge in [0.25, 0.3) is 5.69 Å². The highest BCUT2D eigenvalue weighted by atomic mass is 19.1. The zero-order valence-electron chi connectivity index (χ0n) is 20.6. The number of hydrogen-bond acceptors (Lipinski definition) is 3. The molecular formula is C29H30FN3O3. The van der Waals surface area contributed by atoms with Crippen molar-refractivity contribution >= 4 is 22.5 Å². The van der Waals surface area contributed by atoms with Crippen molar-refractivity contribution in [2.45, 2.75) is 45.7 Å². The minimum Gasteiger partial charge on any atom is -0.353 e. The molecule has 1 aromatic heterocycles. The summed E-state index contributed by atoms with van der Waals surface area (Å²) in [6, 6.07) is 20.9. The Labute approximate surface area is 209 Å². The lowest BCUT2D eigenvalue weighted by atomic mass is 9.87. The molecule has 36 heavy (non-hydrogen) atoms. The second-order valence-corrected chi connectivity index (χ2v) is 9.56. The number of nitrogens with zero attached hydrogens (tertiary/aromatic N) is 2. The first-order valence-corrected chi connectivity index (χ1v) is 12.1. The molecule has 0 fully saturated rings. The number of hydrogen-bond donors (Lipinski definition) is 1. The molecule has 7 heteroatoms. The Balaban J connectivity index is 1.83. The van der Waals surface area contributed by atoms with Crippen molar-refractivity contribution < 1.29 is 14.1 Å². The van der Waals surface area contributed by atoms with Crippen molar-refractivity contribution in [3.63, 3.8) is 0 Å². The summed E-state index contributed by atoms with van der Waals surface area (Å²) in [5.74, 6) is -0.627. The van der Waals surface area contributed by atoms with E-state index in [1.165, 1.54) is 18.2 Å². The van der Waals surface area contributed by atoms with E-state index in [9.17, 15) is 19.3 Å². The molecule has 1 amide bonds. The number of rotatable bonds is 9. The van der Waals surface area contributed by atoms with Crippen molar-refractivity contribution in [1.82, 2.24) is 9.88 Å². The van der Waals surface area contributed by atoms with E-state index in [1.807, 2.05) is 57.3 Å². The first kappa shape index (κ1) is 25.1. The van der Waals surface area contributed by atoms with Gasteiger partial charge in [0.2, 0.25) is 5.91 Å². The molecule has 0 saturated carbocycles. The minimum absolute atomic E-state index is 0.00752. The van der Waals surface area contributed by atoms with Gasteiger partial charge in [-0.3, -0.25) is 14.9 Å². The van der Waals surface area contributed by atoms with Gasteiger partial charge < -0.3 is 9.88 Å². The number of nitro groups is 1. The molecule has 0 aliphatic rings. The van der Waals surface area contributed by atoms with Gasteiger partial charge in [0.05, 0.1) is 4.92 Å². The number of fused-ring (bicyclic) bond motifs is 1. The third-order valence-electron chi connectivity index (χ3n) is 6.73. The first-order valence-electron chi connectivity index (χ1n) is 12.1. The van der Waals surface area contributed by atoms with E-state index in [-0.39, 0.29) is 35.8 Å². The molecule has 2 atom stereocenters. The van der Waals surface area contributed by atoms with Gasteiger partial charge in [0.15, 0.2) is 0 Å². The van der Waals surface area contributed by atoms with Crippen LogP contribution in [-0.4, -0.2) is 21.4 Å². The fraction of sp³-hybridized carbons (Fsp3) is 0.276. The van der Waals surface area contributed by atoms with Gasteiger partial charge in [0, 0.05) is 54.2 Å². The summed E-state index contributed by atoms with van der Waals surface area (Å²) in [4.78, 5) is 24.3.